The summed E-state index contributed by atoms with van der Waals surface area (Å²) in [6.07, 6.45) is 5.19. The lowest BCUT2D eigenvalue weighted by Crippen LogP contribution is -2.38. The number of para-hydroxylation sites is 1. The Morgan fingerprint density at radius 2 is 1.58 bits per heavy atom. The van der Waals surface area contributed by atoms with Crippen molar-refractivity contribution in [3.63, 3.8) is 0 Å². The maximum atomic E-state index is 13.6. The van der Waals surface area contributed by atoms with Crippen LogP contribution >= 0.6 is 0 Å². The monoisotopic (exact) mass is 406 g/mol. The van der Waals surface area contributed by atoms with E-state index in [-0.39, 0.29) is 11.8 Å². The highest BCUT2D eigenvalue weighted by molar-refractivity contribution is 5.95. The van der Waals surface area contributed by atoms with Crippen LogP contribution in [0.5, 0.6) is 0 Å². The quantitative estimate of drug-likeness (QED) is 0.448. The zero-order valence-corrected chi connectivity index (χ0v) is 17.7. The first-order chi connectivity index (χ1) is 15.2. The van der Waals surface area contributed by atoms with Crippen molar-refractivity contribution in [2.24, 2.45) is 0 Å². The van der Waals surface area contributed by atoms with E-state index in [2.05, 4.69) is 66.6 Å². The number of amides is 1. The molecule has 1 aliphatic rings. The molecule has 31 heavy (non-hydrogen) atoms. The van der Waals surface area contributed by atoms with Gasteiger partial charge in [-0.15, -0.1) is 0 Å². The maximum absolute atomic E-state index is 13.6. The van der Waals surface area contributed by atoms with E-state index in [0.29, 0.717) is 6.54 Å². The third kappa shape index (κ3) is 3.68. The first-order valence-corrected chi connectivity index (χ1v) is 10.9. The summed E-state index contributed by atoms with van der Waals surface area (Å²) < 4.78 is 0. The van der Waals surface area contributed by atoms with E-state index in [9.17, 15) is 4.79 Å². The fraction of sp³-hybridized carbons (Fsp3) is 0.179. The molecule has 154 valence electrons. The van der Waals surface area contributed by atoms with Crippen molar-refractivity contribution in [2.45, 2.75) is 19.3 Å². The molecule has 4 aromatic rings. The van der Waals surface area contributed by atoms with E-state index >= 15 is 0 Å². The zero-order valence-electron chi connectivity index (χ0n) is 17.7. The lowest BCUT2D eigenvalue weighted by Gasteiger charge is -2.30. The first kappa shape index (κ1) is 19.4. The minimum Gasteiger partial charge on any atom is -0.360 e. The Balaban J connectivity index is 1.42. The predicted octanol–water partition coefficient (Wildman–Crippen LogP) is 5.92. The fourth-order valence-electron chi connectivity index (χ4n) is 4.64. The second-order valence-corrected chi connectivity index (χ2v) is 8.22. The van der Waals surface area contributed by atoms with E-state index in [0.717, 1.165) is 24.1 Å². The van der Waals surface area contributed by atoms with Crippen LogP contribution in [0.15, 0.2) is 91.1 Å². The van der Waals surface area contributed by atoms with E-state index < -0.39 is 0 Å². The summed E-state index contributed by atoms with van der Waals surface area (Å²) in [6.45, 7) is 3.51. The summed E-state index contributed by atoms with van der Waals surface area (Å²) in [5.74, 6) is -0.101. The molecule has 0 fully saturated rings. The molecular weight excluding hydrogens is 380 g/mol. The van der Waals surface area contributed by atoms with Crippen LogP contribution < -0.4 is 0 Å². The summed E-state index contributed by atoms with van der Waals surface area (Å²) in [4.78, 5) is 19.1. The molecule has 0 bridgehead atoms. The number of aromatic nitrogens is 1. The molecule has 1 N–H and O–H groups in total. The number of carbonyl (C=O) groups is 1. The van der Waals surface area contributed by atoms with Crippen LogP contribution in [0.2, 0.25) is 0 Å². The number of hydrogen-bond donors (Lipinski definition) is 1. The highest BCUT2D eigenvalue weighted by Crippen LogP contribution is 2.32. The lowest BCUT2D eigenvalue weighted by molar-refractivity contribution is -0.131. The molecule has 0 spiro atoms. The molecule has 0 unspecified atom stereocenters. The van der Waals surface area contributed by atoms with Crippen LogP contribution in [0, 0.1) is 6.92 Å². The molecule has 2 heterocycles. The van der Waals surface area contributed by atoms with Crippen LogP contribution in [0.1, 0.15) is 34.6 Å². The van der Waals surface area contributed by atoms with E-state index in [4.69, 9.17) is 0 Å². The van der Waals surface area contributed by atoms with Crippen molar-refractivity contribution in [2.75, 3.05) is 13.1 Å². The number of fused-ring (bicyclic) bond motifs is 1. The van der Waals surface area contributed by atoms with Crippen LogP contribution in [0.3, 0.4) is 0 Å². The summed E-state index contributed by atoms with van der Waals surface area (Å²) >= 11 is 0. The van der Waals surface area contributed by atoms with Crippen LogP contribution in [-0.2, 0) is 4.79 Å². The van der Waals surface area contributed by atoms with Crippen molar-refractivity contribution >= 4 is 22.4 Å². The van der Waals surface area contributed by atoms with Gasteiger partial charge in [-0.3, -0.25) is 4.79 Å². The second kappa shape index (κ2) is 8.27. The van der Waals surface area contributed by atoms with Crippen molar-refractivity contribution in [1.82, 2.24) is 9.88 Å². The lowest BCUT2D eigenvalue weighted by atomic mass is 9.89. The maximum Gasteiger partial charge on any atom is 0.234 e. The van der Waals surface area contributed by atoms with Gasteiger partial charge in [-0.2, -0.15) is 0 Å². The molecule has 3 aromatic carbocycles. The highest BCUT2D eigenvalue weighted by atomic mass is 16.2. The van der Waals surface area contributed by atoms with Gasteiger partial charge in [0.05, 0.1) is 5.92 Å². The molecule has 3 heteroatoms. The third-order valence-electron chi connectivity index (χ3n) is 6.30. The van der Waals surface area contributed by atoms with Crippen molar-refractivity contribution < 1.29 is 4.79 Å². The number of H-pyrrole nitrogens is 1. The number of hydrogen-bond acceptors (Lipinski definition) is 1. The Kier molecular flexibility index (Phi) is 5.17. The number of benzene rings is 3. The first-order valence-electron chi connectivity index (χ1n) is 10.9. The summed E-state index contributed by atoms with van der Waals surface area (Å²) in [5.41, 5.74) is 7.11. The van der Waals surface area contributed by atoms with Crippen LogP contribution in [-0.4, -0.2) is 28.9 Å². The molecule has 0 saturated heterocycles. The van der Waals surface area contributed by atoms with Gasteiger partial charge in [0.2, 0.25) is 5.91 Å². The van der Waals surface area contributed by atoms with E-state index in [1.54, 1.807) is 0 Å². The Labute approximate surface area is 183 Å². The normalized spacial score (nSPS) is 14.1. The Bertz CT molecular complexity index is 1200. The van der Waals surface area contributed by atoms with Crippen molar-refractivity contribution in [1.29, 1.82) is 0 Å². The van der Waals surface area contributed by atoms with Gasteiger partial charge < -0.3 is 9.88 Å². The molecule has 1 amide bonds. The van der Waals surface area contributed by atoms with E-state index in [1.807, 2.05) is 41.3 Å². The summed E-state index contributed by atoms with van der Waals surface area (Å²) in [7, 11) is 0. The molecule has 0 saturated carbocycles. The van der Waals surface area contributed by atoms with Crippen molar-refractivity contribution in [3.8, 4) is 0 Å². The highest BCUT2D eigenvalue weighted by Gasteiger charge is 2.28. The Hall–Kier alpha value is -3.59. The van der Waals surface area contributed by atoms with E-state index in [1.165, 1.54) is 27.6 Å². The Morgan fingerprint density at radius 1 is 0.903 bits per heavy atom. The Morgan fingerprint density at radius 3 is 2.19 bits per heavy atom. The smallest absolute Gasteiger partial charge is 0.234 e. The van der Waals surface area contributed by atoms with Crippen LogP contribution in [0.4, 0.5) is 0 Å². The molecule has 0 radical (unpaired) electrons. The van der Waals surface area contributed by atoms with Crippen molar-refractivity contribution in [3.05, 3.63) is 113 Å². The molecule has 5 rings (SSSR count). The molecule has 0 aliphatic carbocycles. The third-order valence-corrected chi connectivity index (χ3v) is 6.30. The molecule has 3 nitrogen and oxygen atoms in total. The predicted molar refractivity (Wildman–Crippen MR) is 127 cm³/mol. The number of carbonyl (C=O) groups excluding carboxylic acids is 1. The minimum atomic E-state index is -0.270. The van der Waals surface area contributed by atoms with Gasteiger partial charge in [0, 0.05) is 35.8 Å². The van der Waals surface area contributed by atoms with Crippen LogP contribution in [0.25, 0.3) is 16.5 Å². The fourth-order valence-corrected chi connectivity index (χ4v) is 4.64. The van der Waals surface area contributed by atoms with Gasteiger partial charge in [0.1, 0.15) is 0 Å². The topological polar surface area (TPSA) is 36.1 Å². The number of aryl methyl sites for hydroxylation is 1. The van der Waals surface area contributed by atoms with Gasteiger partial charge in [-0.25, -0.2) is 0 Å². The summed E-state index contributed by atoms with van der Waals surface area (Å²) in [6, 6.07) is 26.6. The number of nitrogens with one attached hydrogen (secondary N) is 1. The molecule has 1 aromatic heterocycles. The largest absolute Gasteiger partial charge is 0.360 e. The van der Waals surface area contributed by atoms with Gasteiger partial charge in [-0.05, 0) is 35.6 Å². The second-order valence-electron chi connectivity index (χ2n) is 8.22. The summed E-state index contributed by atoms with van der Waals surface area (Å²) in [5, 5.41) is 1.26. The molecular formula is C28H26N2O. The average molecular weight is 407 g/mol. The number of nitrogens with zero attached hydrogens (tertiary/aromatic N) is 1. The zero-order chi connectivity index (χ0) is 21.2. The average Bonchev–Trinajstić information content (AvgIpc) is 3.26. The molecule has 0 atom stereocenters. The van der Waals surface area contributed by atoms with Gasteiger partial charge in [0.25, 0.3) is 0 Å². The molecule has 1 aliphatic heterocycles. The van der Waals surface area contributed by atoms with Gasteiger partial charge >= 0.3 is 0 Å². The number of rotatable bonds is 4. The number of aromatic amines is 1. The van der Waals surface area contributed by atoms with Gasteiger partial charge in [0.15, 0.2) is 0 Å². The SMILES string of the molecule is Cc1cccc2c(C3=CCN(C(=O)C(c4ccccc4)c4ccccc4)CC3)c[nH]c12. The van der Waals surface area contributed by atoms with Gasteiger partial charge in [-0.1, -0.05) is 84.9 Å². The minimum absolute atomic E-state index is 0.169. The standard InChI is InChI=1S/C28H26N2O/c1-20-9-8-14-24-25(19-29-27(20)24)21-15-17-30(18-16-21)28(31)26(22-10-4-2-5-11-22)23-12-6-3-7-13-23/h2-15,19,26,29H,16-18H2,1H3.